The van der Waals surface area contributed by atoms with E-state index in [4.69, 9.17) is 0 Å². The topological polar surface area (TPSA) is 24.1 Å². The summed E-state index contributed by atoms with van der Waals surface area (Å²) in [6.45, 7) is 2.75. The molecule has 2 rings (SSSR count). The van der Waals surface area contributed by atoms with Gasteiger partial charge in [-0.1, -0.05) is 0 Å². The van der Waals surface area contributed by atoms with Crippen molar-refractivity contribution in [2.75, 3.05) is 25.0 Å². The fraction of sp³-hybridized carbons (Fsp3) is 0.500. The molecule has 2 nitrogen and oxygen atoms in total. The average Bonchev–Trinajstić information content (AvgIpc) is 2.79. The number of rotatable bonds is 3. The van der Waals surface area contributed by atoms with E-state index in [1.165, 1.54) is 6.07 Å². The number of anilines is 1. The Morgan fingerprint density at radius 3 is 2.72 bits per heavy atom. The Morgan fingerprint density at radius 2 is 2.17 bits per heavy atom. The van der Waals surface area contributed by atoms with Crippen molar-refractivity contribution in [2.24, 2.45) is 5.92 Å². The molecule has 0 aliphatic carbocycles. The largest absolute Gasteiger partial charge is 0.416 e. The lowest BCUT2D eigenvalue weighted by Gasteiger charge is -2.14. The molecule has 0 radical (unpaired) electrons. The van der Waals surface area contributed by atoms with Crippen LogP contribution < -0.4 is 10.6 Å². The minimum absolute atomic E-state index is 0.447. The highest BCUT2D eigenvalue weighted by atomic mass is 79.9. The van der Waals surface area contributed by atoms with Crippen molar-refractivity contribution < 1.29 is 13.2 Å². The van der Waals surface area contributed by atoms with Gasteiger partial charge in [0.25, 0.3) is 0 Å². The second-order valence-electron chi connectivity index (χ2n) is 4.43. The smallest absolute Gasteiger partial charge is 0.384 e. The van der Waals surface area contributed by atoms with Crippen molar-refractivity contribution in [3.8, 4) is 0 Å². The lowest BCUT2D eigenvalue weighted by molar-refractivity contribution is -0.137. The third-order valence-electron chi connectivity index (χ3n) is 3.04. The molecule has 1 aromatic rings. The maximum Gasteiger partial charge on any atom is 0.416 e. The molecule has 0 spiro atoms. The first-order valence-corrected chi connectivity index (χ1v) is 6.57. The van der Waals surface area contributed by atoms with E-state index in [0.717, 1.165) is 38.2 Å². The van der Waals surface area contributed by atoms with Gasteiger partial charge in [-0.25, -0.2) is 0 Å². The SMILES string of the molecule is FC(F)(F)c1ccc(NCC2CCNC2)c(Br)c1. The molecule has 2 N–H and O–H groups in total. The Bertz CT molecular complexity index is 414. The van der Waals surface area contributed by atoms with Crippen molar-refractivity contribution in [1.82, 2.24) is 5.32 Å². The van der Waals surface area contributed by atoms with Gasteiger partial charge >= 0.3 is 6.18 Å². The van der Waals surface area contributed by atoms with Crippen molar-refractivity contribution in [3.05, 3.63) is 28.2 Å². The second kappa shape index (κ2) is 5.48. The van der Waals surface area contributed by atoms with Gasteiger partial charge in [0, 0.05) is 16.7 Å². The first-order valence-electron chi connectivity index (χ1n) is 5.78. The summed E-state index contributed by atoms with van der Waals surface area (Å²) < 4.78 is 37.9. The standard InChI is InChI=1S/C12H14BrF3N2/c13-10-5-9(12(14,15)16)1-2-11(10)18-7-8-3-4-17-6-8/h1-2,5,8,17-18H,3-4,6-7H2. The van der Waals surface area contributed by atoms with E-state index in [1.54, 1.807) is 0 Å². The zero-order chi connectivity index (χ0) is 13.2. The molecule has 100 valence electrons. The van der Waals surface area contributed by atoms with Crippen LogP contribution in [0.3, 0.4) is 0 Å². The van der Waals surface area contributed by atoms with Gasteiger partial charge in [-0.2, -0.15) is 13.2 Å². The van der Waals surface area contributed by atoms with Gasteiger partial charge in [0.15, 0.2) is 0 Å². The molecule has 1 aliphatic rings. The Labute approximate surface area is 112 Å². The molecule has 0 aromatic heterocycles. The van der Waals surface area contributed by atoms with Crippen LogP contribution in [-0.2, 0) is 6.18 Å². The van der Waals surface area contributed by atoms with Gasteiger partial charge in [-0.05, 0) is 59.6 Å². The normalized spacial score (nSPS) is 20.1. The molecule has 1 unspecified atom stereocenters. The molecule has 1 heterocycles. The number of benzene rings is 1. The summed E-state index contributed by atoms with van der Waals surface area (Å²) in [7, 11) is 0. The van der Waals surface area contributed by atoms with Crippen LogP contribution in [0.2, 0.25) is 0 Å². The third kappa shape index (κ3) is 3.38. The molecule has 18 heavy (non-hydrogen) atoms. The van der Waals surface area contributed by atoms with Gasteiger partial charge in [0.2, 0.25) is 0 Å². The lowest BCUT2D eigenvalue weighted by Crippen LogP contribution is -2.17. The zero-order valence-corrected chi connectivity index (χ0v) is 11.2. The van der Waals surface area contributed by atoms with E-state index in [-0.39, 0.29) is 0 Å². The van der Waals surface area contributed by atoms with Crippen LogP contribution >= 0.6 is 15.9 Å². The Morgan fingerprint density at radius 1 is 1.39 bits per heavy atom. The molecule has 0 saturated carbocycles. The van der Waals surface area contributed by atoms with Crippen LogP contribution in [0.4, 0.5) is 18.9 Å². The number of nitrogens with one attached hydrogen (secondary N) is 2. The van der Waals surface area contributed by atoms with Crippen LogP contribution in [-0.4, -0.2) is 19.6 Å². The number of halogens is 4. The molecule has 1 aromatic carbocycles. The summed E-state index contributed by atoms with van der Waals surface area (Å²) >= 11 is 3.17. The van der Waals surface area contributed by atoms with Crippen molar-refractivity contribution in [1.29, 1.82) is 0 Å². The molecule has 1 fully saturated rings. The van der Waals surface area contributed by atoms with Crippen LogP contribution in [0.1, 0.15) is 12.0 Å². The molecule has 1 saturated heterocycles. The van der Waals surface area contributed by atoms with E-state index >= 15 is 0 Å². The summed E-state index contributed by atoms with van der Waals surface area (Å²) in [6, 6.07) is 3.67. The number of hydrogen-bond acceptors (Lipinski definition) is 2. The third-order valence-corrected chi connectivity index (χ3v) is 3.70. The van der Waals surface area contributed by atoms with Crippen LogP contribution in [0, 0.1) is 5.92 Å². The molecular weight excluding hydrogens is 309 g/mol. The summed E-state index contributed by atoms with van der Waals surface area (Å²) in [5, 5.41) is 6.43. The Hall–Kier alpha value is -0.750. The highest BCUT2D eigenvalue weighted by Gasteiger charge is 2.30. The maximum atomic E-state index is 12.5. The number of hydrogen-bond donors (Lipinski definition) is 2. The van der Waals surface area contributed by atoms with Gasteiger partial charge in [0.05, 0.1) is 5.56 Å². The van der Waals surface area contributed by atoms with Crippen molar-refractivity contribution in [2.45, 2.75) is 12.6 Å². The van der Waals surface area contributed by atoms with Gasteiger partial charge in [-0.3, -0.25) is 0 Å². The first-order chi connectivity index (χ1) is 8.47. The fourth-order valence-corrected chi connectivity index (χ4v) is 2.50. The van der Waals surface area contributed by atoms with Gasteiger partial charge in [-0.15, -0.1) is 0 Å². The summed E-state index contributed by atoms with van der Waals surface area (Å²) in [5.41, 5.74) is 0.0670. The molecule has 1 atom stereocenters. The predicted octanol–water partition coefficient (Wildman–Crippen LogP) is 3.49. The minimum atomic E-state index is -4.30. The predicted molar refractivity (Wildman–Crippen MR) is 68.6 cm³/mol. The average molecular weight is 323 g/mol. The maximum absolute atomic E-state index is 12.5. The molecule has 0 bridgehead atoms. The monoisotopic (exact) mass is 322 g/mol. The molecule has 0 amide bonds. The summed E-state index contributed by atoms with van der Waals surface area (Å²) in [4.78, 5) is 0. The first kappa shape index (κ1) is 13.7. The fourth-order valence-electron chi connectivity index (χ4n) is 1.98. The highest BCUT2D eigenvalue weighted by molar-refractivity contribution is 9.10. The highest BCUT2D eigenvalue weighted by Crippen LogP contribution is 2.34. The number of alkyl halides is 3. The van der Waals surface area contributed by atoms with Crippen LogP contribution in [0.5, 0.6) is 0 Å². The van der Waals surface area contributed by atoms with Crippen molar-refractivity contribution in [3.63, 3.8) is 0 Å². The van der Waals surface area contributed by atoms with Crippen molar-refractivity contribution >= 4 is 21.6 Å². The summed E-state index contributed by atoms with van der Waals surface area (Å²) in [5.74, 6) is 0.541. The molecule has 1 aliphatic heterocycles. The lowest BCUT2D eigenvalue weighted by atomic mass is 10.1. The van der Waals surface area contributed by atoms with E-state index in [0.29, 0.717) is 16.1 Å². The second-order valence-corrected chi connectivity index (χ2v) is 5.29. The van der Waals surface area contributed by atoms with E-state index in [1.807, 2.05) is 0 Å². The summed E-state index contributed by atoms with van der Waals surface area (Å²) in [6.07, 6.45) is -3.19. The Kier molecular flexibility index (Phi) is 4.17. The minimum Gasteiger partial charge on any atom is -0.384 e. The van der Waals surface area contributed by atoms with E-state index in [9.17, 15) is 13.2 Å². The van der Waals surface area contributed by atoms with E-state index < -0.39 is 11.7 Å². The quantitative estimate of drug-likeness (QED) is 0.890. The van der Waals surface area contributed by atoms with Gasteiger partial charge < -0.3 is 10.6 Å². The zero-order valence-electron chi connectivity index (χ0n) is 9.65. The van der Waals surface area contributed by atoms with Gasteiger partial charge in [0.1, 0.15) is 0 Å². The van der Waals surface area contributed by atoms with E-state index in [2.05, 4.69) is 26.6 Å². The Balaban J connectivity index is 2.01. The molecular formula is C12H14BrF3N2. The van der Waals surface area contributed by atoms with Crippen LogP contribution in [0.25, 0.3) is 0 Å². The van der Waals surface area contributed by atoms with Crippen LogP contribution in [0.15, 0.2) is 22.7 Å². The molecule has 6 heteroatoms.